The topological polar surface area (TPSA) is 237 Å². The third kappa shape index (κ3) is 67.9. The minimum Gasteiger partial charge on any atom is -0.462 e. The molecule has 0 saturated carbocycles. The fraction of sp³-hybridized carbons (Fsp3) is 0.892. The zero-order valence-corrected chi connectivity index (χ0v) is 61.7. The SMILES string of the molecule is CCCCCC/C=C\C=C/CCCCCCCC(=O)OC[C@H](COP(=O)(O)OC[C@@H](O)COP(=O)(O)OC[C@@H](COC(=O)CCCCCCCCC)OC(=O)CCCCCCCCCCCC(C)C)OC(=O)CCCCCCCCCCCCCCCCCCCCC. The number of phosphoric acid groups is 2. The van der Waals surface area contributed by atoms with Gasteiger partial charge in [0.25, 0.3) is 0 Å². The first-order chi connectivity index (χ1) is 45.0. The smallest absolute Gasteiger partial charge is 0.462 e. The van der Waals surface area contributed by atoms with E-state index >= 15 is 0 Å². The molecule has 3 N–H and O–H groups in total. The summed E-state index contributed by atoms with van der Waals surface area (Å²) in [6, 6.07) is 0. The maximum atomic E-state index is 13.1. The lowest BCUT2D eigenvalue weighted by atomic mass is 10.0. The van der Waals surface area contributed by atoms with Crippen LogP contribution in [0.3, 0.4) is 0 Å². The van der Waals surface area contributed by atoms with Gasteiger partial charge in [0, 0.05) is 25.7 Å². The molecule has 0 aromatic heterocycles. The van der Waals surface area contributed by atoms with Crippen LogP contribution < -0.4 is 0 Å². The van der Waals surface area contributed by atoms with Gasteiger partial charge in [-0.2, -0.15) is 0 Å². The number of aliphatic hydroxyl groups excluding tert-OH is 1. The predicted molar refractivity (Wildman–Crippen MR) is 377 cm³/mol. The third-order valence-electron chi connectivity index (χ3n) is 16.7. The Morgan fingerprint density at radius 3 is 0.882 bits per heavy atom. The van der Waals surface area contributed by atoms with Crippen molar-refractivity contribution in [3.8, 4) is 0 Å². The average Bonchev–Trinajstić information content (AvgIpc) is 2.40. The fourth-order valence-electron chi connectivity index (χ4n) is 10.8. The minimum absolute atomic E-state index is 0.102. The van der Waals surface area contributed by atoms with E-state index in [2.05, 4.69) is 58.9 Å². The first-order valence-corrected chi connectivity index (χ1v) is 40.9. The molecule has 2 unspecified atom stereocenters. The second-order valence-electron chi connectivity index (χ2n) is 26.5. The number of rotatable bonds is 72. The van der Waals surface area contributed by atoms with Gasteiger partial charge in [0.2, 0.25) is 0 Å². The van der Waals surface area contributed by atoms with E-state index in [1.807, 2.05) is 0 Å². The quantitative estimate of drug-likeness (QED) is 0.0169. The van der Waals surface area contributed by atoms with Gasteiger partial charge < -0.3 is 33.8 Å². The number of unbranched alkanes of at least 4 members (excludes halogenated alkanes) is 41. The van der Waals surface area contributed by atoms with E-state index in [1.165, 1.54) is 154 Å². The highest BCUT2D eigenvalue weighted by Gasteiger charge is 2.30. The first kappa shape index (κ1) is 90.5. The molecule has 0 rings (SSSR count). The lowest BCUT2D eigenvalue weighted by Crippen LogP contribution is -2.30. The molecule has 0 spiro atoms. The standard InChI is InChI=1S/C74H140O17P2/c1-6-9-12-15-18-20-22-24-26-27-28-29-31-33-35-39-44-49-54-59-73(78)91-70(64-85-72(77)58-53-48-43-38-34-32-30-25-23-21-19-16-13-10-7-2)66-89-93(82,83)87-62-68(75)61-86-92(80,81)88-65-69(63-84-71(76)57-52-47-41-17-14-11-8-3)90-74(79)60-55-50-45-40-36-37-42-46-51-56-67(4)5/h21,23,25,30,67-70,75H,6-20,22,24,26-29,31-66H2,1-5H3,(H,80,81)(H,82,83)/b23-21-,30-25-/t68-,69+,70+/m0/s1. The summed E-state index contributed by atoms with van der Waals surface area (Å²) in [5.74, 6) is -1.42. The van der Waals surface area contributed by atoms with E-state index in [0.717, 1.165) is 128 Å². The van der Waals surface area contributed by atoms with Gasteiger partial charge in [0.05, 0.1) is 26.4 Å². The van der Waals surface area contributed by atoms with Crippen LogP contribution in [-0.2, 0) is 65.4 Å². The van der Waals surface area contributed by atoms with Crippen LogP contribution in [0.2, 0.25) is 0 Å². The van der Waals surface area contributed by atoms with Gasteiger partial charge in [0.1, 0.15) is 19.3 Å². The molecule has 0 amide bonds. The molecule has 548 valence electrons. The van der Waals surface area contributed by atoms with Crippen molar-refractivity contribution in [1.29, 1.82) is 0 Å². The van der Waals surface area contributed by atoms with Crippen molar-refractivity contribution in [1.82, 2.24) is 0 Å². The number of carbonyl (C=O) groups excluding carboxylic acids is 4. The molecule has 0 radical (unpaired) electrons. The number of allylic oxidation sites excluding steroid dienone is 4. The highest BCUT2D eigenvalue weighted by Crippen LogP contribution is 2.45. The van der Waals surface area contributed by atoms with Crippen LogP contribution in [-0.4, -0.2) is 96.7 Å². The summed E-state index contributed by atoms with van der Waals surface area (Å²) in [6.45, 7) is 7.14. The van der Waals surface area contributed by atoms with Crippen molar-refractivity contribution in [2.24, 2.45) is 5.92 Å². The largest absolute Gasteiger partial charge is 0.472 e. The maximum Gasteiger partial charge on any atom is 0.472 e. The van der Waals surface area contributed by atoms with Gasteiger partial charge in [-0.3, -0.25) is 37.3 Å². The number of carbonyl (C=O) groups is 4. The number of phosphoric ester groups is 2. The van der Waals surface area contributed by atoms with Crippen LogP contribution >= 0.6 is 15.6 Å². The highest BCUT2D eigenvalue weighted by molar-refractivity contribution is 7.47. The molecule has 0 saturated heterocycles. The van der Waals surface area contributed by atoms with Crippen molar-refractivity contribution in [2.45, 2.75) is 380 Å². The minimum atomic E-state index is -4.96. The summed E-state index contributed by atoms with van der Waals surface area (Å²) in [4.78, 5) is 72.5. The molecule has 0 aliphatic heterocycles. The van der Waals surface area contributed by atoms with E-state index in [1.54, 1.807) is 0 Å². The number of hydrogen-bond donors (Lipinski definition) is 3. The summed E-state index contributed by atoms with van der Waals surface area (Å²) in [6.07, 6.45) is 57.9. The molecule has 0 fully saturated rings. The normalized spacial score (nSPS) is 14.2. The number of aliphatic hydroxyl groups is 1. The molecule has 0 aliphatic rings. The zero-order valence-electron chi connectivity index (χ0n) is 59.9. The van der Waals surface area contributed by atoms with Gasteiger partial charge in [-0.15, -0.1) is 0 Å². The van der Waals surface area contributed by atoms with Crippen molar-refractivity contribution < 1.29 is 80.2 Å². The van der Waals surface area contributed by atoms with E-state index in [0.29, 0.717) is 25.7 Å². The lowest BCUT2D eigenvalue weighted by Gasteiger charge is -2.21. The van der Waals surface area contributed by atoms with Crippen LogP contribution in [0.15, 0.2) is 24.3 Å². The summed E-state index contributed by atoms with van der Waals surface area (Å²) in [5.41, 5.74) is 0. The first-order valence-electron chi connectivity index (χ1n) is 38.0. The second-order valence-corrected chi connectivity index (χ2v) is 29.4. The van der Waals surface area contributed by atoms with E-state index in [9.17, 15) is 43.2 Å². The van der Waals surface area contributed by atoms with E-state index in [-0.39, 0.29) is 25.7 Å². The number of ether oxygens (including phenoxy) is 4. The molecule has 0 bridgehead atoms. The molecule has 0 aromatic rings. The van der Waals surface area contributed by atoms with Crippen LogP contribution in [0, 0.1) is 5.92 Å². The van der Waals surface area contributed by atoms with Crippen molar-refractivity contribution in [3.05, 3.63) is 24.3 Å². The van der Waals surface area contributed by atoms with Crippen molar-refractivity contribution in [3.63, 3.8) is 0 Å². The molecular weight excluding hydrogens is 1220 g/mol. The maximum absolute atomic E-state index is 13.1. The Kier molecular flexibility index (Phi) is 65.0. The van der Waals surface area contributed by atoms with Crippen LogP contribution in [0.4, 0.5) is 0 Å². The van der Waals surface area contributed by atoms with Gasteiger partial charge in [0.15, 0.2) is 12.2 Å². The Hall–Kier alpha value is -2.46. The molecule has 93 heavy (non-hydrogen) atoms. The summed E-state index contributed by atoms with van der Waals surface area (Å²) < 4.78 is 68.3. The zero-order chi connectivity index (χ0) is 68.4. The van der Waals surface area contributed by atoms with E-state index < -0.39 is 97.5 Å². The van der Waals surface area contributed by atoms with Crippen LogP contribution in [0.25, 0.3) is 0 Å². The molecule has 0 heterocycles. The van der Waals surface area contributed by atoms with Gasteiger partial charge in [-0.05, 0) is 57.3 Å². The summed E-state index contributed by atoms with van der Waals surface area (Å²) in [7, 11) is -9.91. The fourth-order valence-corrected chi connectivity index (χ4v) is 12.4. The molecule has 17 nitrogen and oxygen atoms in total. The number of esters is 4. The van der Waals surface area contributed by atoms with Gasteiger partial charge in [-0.1, -0.05) is 309 Å². The molecule has 0 aromatic carbocycles. The van der Waals surface area contributed by atoms with Crippen LogP contribution in [0.1, 0.15) is 362 Å². The van der Waals surface area contributed by atoms with E-state index in [4.69, 9.17) is 37.0 Å². The van der Waals surface area contributed by atoms with Gasteiger partial charge in [-0.25, -0.2) is 9.13 Å². The Morgan fingerprint density at radius 1 is 0.333 bits per heavy atom. The average molecular weight is 1360 g/mol. The molecule has 5 atom stereocenters. The Labute approximate surface area is 567 Å². The molecular formula is C74H140O17P2. The van der Waals surface area contributed by atoms with Crippen LogP contribution in [0.5, 0.6) is 0 Å². The predicted octanol–water partition coefficient (Wildman–Crippen LogP) is 21.2. The summed E-state index contributed by atoms with van der Waals surface area (Å²) >= 11 is 0. The lowest BCUT2D eigenvalue weighted by molar-refractivity contribution is -0.161. The van der Waals surface area contributed by atoms with Crippen molar-refractivity contribution in [2.75, 3.05) is 39.6 Å². The Bertz CT molecular complexity index is 1880. The third-order valence-corrected chi connectivity index (χ3v) is 18.6. The summed E-state index contributed by atoms with van der Waals surface area (Å²) in [5, 5.41) is 10.6. The highest BCUT2D eigenvalue weighted by atomic mass is 31.2. The van der Waals surface area contributed by atoms with Gasteiger partial charge >= 0.3 is 39.5 Å². The molecule has 0 aliphatic carbocycles. The Balaban J connectivity index is 5.22. The number of hydrogen-bond acceptors (Lipinski definition) is 15. The Morgan fingerprint density at radius 2 is 0.581 bits per heavy atom. The van der Waals surface area contributed by atoms with Crippen molar-refractivity contribution >= 4 is 39.5 Å². The monoisotopic (exact) mass is 1360 g/mol. The second kappa shape index (κ2) is 66.8. The molecule has 19 heteroatoms.